The number of allylic oxidation sites excluding steroid dienone is 3. The molecule has 0 heterocycles. The van der Waals surface area contributed by atoms with Gasteiger partial charge in [-0.3, -0.25) is 0 Å². The summed E-state index contributed by atoms with van der Waals surface area (Å²) in [5.74, 6) is 4.15. The highest BCUT2D eigenvalue weighted by atomic mass is 16.3. The zero-order valence-corrected chi connectivity index (χ0v) is 14.3. The van der Waals surface area contributed by atoms with Gasteiger partial charge in [-0.25, -0.2) is 0 Å². The second-order valence-corrected chi connectivity index (χ2v) is 8.23. The van der Waals surface area contributed by atoms with Gasteiger partial charge in [0, 0.05) is 8.16 Å². The molecule has 4 rings (SSSR count). The van der Waals surface area contributed by atoms with Gasteiger partial charge in [-0.2, -0.15) is 0 Å². The van der Waals surface area contributed by atoms with Crippen molar-refractivity contribution in [3.8, 4) is 12.3 Å². The van der Waals surface area contributed by atoms with Gasteiger partial charge < -0.3 is 5.11 Å². The minimum absolute atomic E-state index is 0.160. The predicted octanol–water partition coefficient (Wildman–Crippen LogP) is 4.87. The van der Waals surface area contributed by atoms with Crippen molar-refractivity contribution >= 4 is 0 Å². The molecule has 0 aromatic carbocycles. The van der Waals surface area contributed by atoms with Gasteiger partial charge in [0.05, 0.1) is 0 Å². The van der Waals surface area contributed by atoms with Gasteiger partial charge in [-0.1, -0.05) is 36.6 Å². The fraction of sp³-hybridized carbons (Fsp3) is 0.727. The Morgan fingerprint density at radius 2 is 2.30 bits per heavy atom. The Morgan fingerprint density at radius 1 is 1.48 bits per heavy atom. The molecule has 3 fully saturated rings. The lowest BCUT2D eigenvalue weighted by molar-refractivity contribution is -0.0788. The first-order valence-corrected chi connectivity index (χ1v) is 9.38. The fourth-order valence-corrected chi connectivity index (χ4v) is 6.59. The molecule has 4 aliphatic rings. The molecule has 4 aliphatic carbocycles. The molecule has 3 saturated carbocycles. The van der Waals surface area contributed by atoms with E-state index in [0.717, 1.165) is 12.8 Å². The van der Waals surface area contributed by atoms with E-state index in [4.69, 9.17) is 9.16 Å². The summed E-state index contributed by atoms with van der Waals surface area (Å²) in [6.45, 7) is 6.53. The molecule has 1 N–H and O–H groups in total. The van der Waals surface area contributed by atoms with Gasteiger partial charge in [0.25, 0.3) is 0 Å². The van der Waals surface area contributed by atoms with Crippen LogP contribution in [0.5, 0.6) is 0 Å². The number of aliphatic hydroxyl groups is 1. The average molecular weight is 314 g/mol. The van der Waals surface area contributed by atoms with E-state index in [1.165, 1.54) is 24.8 Å². The summed E-state index contributed by atoms with van der Waals surface area (Å²) in [6.07, 6.45) is 14.2. The van der Waals surface area contributed by atoms with Crippen LogP contribution >= 0.6 is 0 Å². The number of fused-ring (bicyclic) bond motifs is 5. The highest BCUT2D eigenvalue weighted by molar-refractivity contribution is 5.32. The summed E-state index contributed by atoms with van der Waals surface area (Å²) in [6, 6.07) is 0. The lowest BCUT2D eigenvalue weighted by atomic mass is 9.49. The molecule has 124 valence electrons. The van der Waals surface area contributed by atoms with Crippen LogP contribution in [-0.4, -0.2) is 10.7 Å². The lowest BCUT2D eigenvalue weighted by Crippen LogP contribution is -2.54. The quantitative estimate of drug-likeness (QED) is 0.416. The van der Waals surface area contributed by atoms with Crippen LogP contribution < -0.4 is 0 Å². The van der Waals surface area contributed by atoms with Gasteiger partial charge >= 0.3 is 0 Å². The normalized spacial score (nSPS) is 52.2. The van der Waals surface area contributed by atoms with E-state index in [1.807, 2.05) is 0 Å². The minimum Gasteiger partial charge on any atom is -0.377 e. The zero-order valence-electron chi connectivity index (χ0n) is 16.3. The number of terminal acetylenes is 1. The van der Waals surface area contributed by atoms with E-state index >= 15 is 0 Å². The number of hydrogen-bond donors (Lipinski definition) is 1. The molecule has 0 aliphatic heterocycles. The Bertz CT molecular complexity index is 672. The molecular weight excluding hydrogens is 282 g/mol. The molecule has 0 saturated heterocycles. The Labute approximate surface area is 144 Å². The van der Waals surface area contributed by atoms with Gasteiger partial charge in [0.15, 0.2) is 0 Å². The maximum Gasteiger partial charge on any atom is 0.131 e. The molecule has 0 aromatic heterocycles. The van der Waals surface area contributed by atoms with Crippen LogP contribution in [0.4, 0.5) is 0 Å². The van der Waals surface area contributed by atoms with Gasteiger partial charge in [0.2, 0.25) is 0 Å². The molecule has 0 radical (unpaired) electrons. The van der Waals surface area contributed by atoms with E-state index in [9.17, 15) is 5.11 Å². The average Bonchev–Trinajstić information content (AvgIpc) is 2.79. The first-order chi connectivity index (χ1) is 11.8. The Kier molecular flexibility index (Phi) is 3.04. The van der Waals surface area contributed by atoms with Crippen molar-refractivity contribution in [1.29, 1.82) is 0 Å². The van der Waals surface area contributed by atoms with Crippen molar-refractivity contribution in [2.24, 2.45) is 29.1 Å². The van der Waals surface area contributed by atoms with Crippen molar-refractivity contribution < 1.29 is 7.85 Å². The SMILES string of the molecule is [2H]C1([2H])C[C@H]2[C@@H]3CCC4=CCCCC4[C@H]3C(=C)C[C@]2(CC)[C@@]1(O)[13C]#[13CH]. The largest absolute Gasteiger partial charge is 0.377 e. The van der Waals surface area contributed by atoms with E-state index < -0.39 is 17.4 Å². The van der Waals surface area contributed by atoms with Crippen LogP contribution in [0.15, 0.2) is 23.8 Å². The van der Waals surface area contributed by atoms with E-state index in [1.54, 1.807) is 5.57 Å². The Morgan fingerprint density at radius 3 is 3.04 bits per heavy atom. The van der Waals surface area contributed by atoms with Crippen molar-refractivity contribution in [2.75, 3.05) is 0 Å². The summed E-state index contributed by atoms with van der Waals surface area (Å²) in [4.78, 5) is 0. The van der Waals surface area contributed by atoms with Crippen LogP contribution in [0, 0.1) is 41.4 Å². The van der Waals surface area contributed by atoms with Crippen molar-refractivity contribution in [2.45, 2.75) is 70.3 Å². The summed E-state index contributed by atoms with van der Waals surface area (Å²) in [5, 5.41) is 11.4. The third kappa shape index (κ3) is 1.91. The highest BCUT2D eigenvalue weighted by Crippen LogP contribution is 2.67. The topological polar surface area (TPSA) is 20.2 Å². The molecule has 0 bridgehead atoms. The van der Waals surface area contributed by atoms with Gasteiger partial charge in [-0.15, -0.1) is 6.42 Å². The molecule has 0 spiro atoms. The molecule has 1 unspecified atom stereocenters. The fourth-order valence-electron chi connectivity index (χ4n) is 6.59. The third-order valence-corrected chi connectivity index (χ3v) is 7.64. The third-order valence-electron chi connectivity index (χ3n) is 7.64. The number of rotatable bonds is 1. The van der Waals surface area contributed by atoms with Crippen LogP contribution in [0.2, 0.25) is 0 Å². The second-order valence-electron chi connectivity index (χ2n) is 8.23. The van der Waals surface area contributed by atoms with Crippen LogP contribution in [0.3, 0.4) is 0 Å². The van der Waals surface area contributed by atoms with E-state index in [0.29, 0.717) is 37.0 Å². The van der Waals surface area contributed by atoms with Gasteiger partial charge in [-0.05, 0) is 81.4 Å². The molecule has 23 heavy (non-hydrogen) atoms. The highest BCUT2D eigenvalue weighted by Gasteiger charge is 2.64. The monoisotopic (exact) mass is 314 g/mol. The molecule has 0 aromatic rings. The molecule has 1 nitrogen and oxygen atoms in total. The van der Waals surface area contributed by atoms with Gasteiger partial charge in [0.1, 0.15) is 5.60 Å². The van der Waals surface area contributed by atoms with Crippen LogP contribution in [-0.2, 0) is 0 Å². The first kappa shape index (κ1) is 13.3. The smallest absolute Gasteiger partial charge is 0.131 e. The standard InChI is InChI=1S/C22H30O/c1-4-21-14-15(3)20-17-9-7-6-8-16(17)10-11-18(20)19(21)12-13-22(21,23)5-2/h2,8,17-20,23H,3-4,6-7,9-14H2,1H3/t17?,18-,19-,20+,21-,22+/m0/s1/i2+1,5+1,13D2. The zero-order chi connectivity index (χ0) is 18.0. The summed E-state index contributed by atoms with van der Waals surface area (Å²) < 4.78 is 17.1. The molecule has 0 amide bonds. The summed E-state index contributed by atoms with van der Waals surface area (Å²) in [7, 11) is 0. The van der Waals surface area contributed by atoms with E-state index in [2.05, 4.69) is 25.5 Å². The first-order valence-electron chi connectivity index (χ1n) is 10.4. The molecule has 1 heteroatoms. The van der Waals surface area contributed by atoms with Crippen molar-refractivity contribution in [3.63, 3.8) is 0 Å². The minimum atomic E-state index is -1.72. The number of hydrogen-bond acceptors (Lipinski definition) is 1. The molecule has 6 atom stereocenters. The summed E-state index contributed by atoms with van der Waals surface area (Å²) >= 11 is 0. The maximum absolute atomic E-state index is 11.4. The van der Waals surface area contributed by atoms with E-state index in [-0.39, 0.29) is 5.92 Å². The van der Waals surface area contributed by atoms with Crippen molar-refractivity contribution in [3.05, 3.63) is 23.8 Å². The maximum atomic E-state index is 11.4. The Balaban J connectivity index is 1.80. The lowest BCUT2D eigenvalue weighted by Gasteiger charge is -2.56. The van der Waals surface area contributed by atoms with Crippen LogP contribution in [0.1, 0.15) is 67.4 Å². The second kappa shape index (κ2) is 5.25. The molecular formula is C22H30O. The van der Waals surface area contributed by atoms with Crippen molar-refractivity contribution in [1.82, 2.24) is 0 Å². The van der Waals surface area contributed by atoms with Crippen LogP contribution in [0.25, 0.3) is 0 Å². The predicted molar refractivity (Wildman–Crippen MR) is 94.6 cm³/mol. The summed E-state index contributed by atoms with van der Waals surface area (Å²) in [5.41, 5.74) is 0.591. The Hall–Kier alpha value is -1.00.